The molecule has 0 aromatic heterocycles. The number of rotatable bonds is 7. The number of ether oxygens (including phenoxy) is 1. The first-order valence-corrected chi connectivity index (χ1v) is 15.3. The number of hydrogen-bond acceptors (Lipinski definition) is 4. The number of carbonyl (C=O) groups excluding carboxylic acids is 2. The highest BCUT2D eigenvalue weighted by atomic mass is 16.5. The fourth-order valence-corrected chi connectivity index (χ4v) is 9.96. The van der Waals surface area contributed by atoms with E-state index in [1.807, 2.05) is 12.1 Å². The number of fused-ring (bicyclic) bond motifs is 5. The van der Waals surface area contributed by atoms with Gasteiger partial charge < -0.3 is 15.2 Å². The number of aliphatic hydroxyl groups is 1. The molecular weight excluding hydrogens is 474 g/mol. The number of methoxy groups -OCH3 is 1. The maximum Gasteiger partial charge on any atom is 0.337 e. The molecule has 0 aliphatic heterocycles. The number of amides is 1. The molecule has 5 rings (SSSR count). The van der Waals surface area contributed by atoms with E-state index < -0.39 is 0 Å². The Labute approximate surface area is 229 Å². The SMILES string of the molecule is COC(=O)c1ccc(CNC(=O)CC[C@@H](C)[C@H]2CCC3[C@H]4C(CC[C@@]32C)[C@@]2(C)CCCC[C@H]2C[C@@H]4O)cc1. The first kappa shape index (κ1) is 27.7. The van der Waals surface area contributed by atoms with Crippen molar-refractivity contribution in [1.29, 1.82) is 0 Å². The van der Waals surface area contributed by atoms with Crippen LogP contribution in [0.5, 0.6) is 0 Å². The lowest BCUT2D eigenvalue weighted by molar-refractivity contribution is -0.164. The molecular formula is C33H49NO4. The van der Waals surface area contributed by atoms with Gasteiger partial charge in [0.05, 0.1) is 18.8 Å². The maximum absolute atomic E-state index is 12.7. The number of nitrogens with one attached hydrogen (secondary N) is 1. The van der Waals surface area contributed by atoms with Gasteiger partial charge in [-0.15, -0.1) is 0 Å². The van der Waals surface area contributed by atoms with Crippen LogP contribution >= 0.6 is 0 Å². The Hall–Kier alpha value is -1.88. The Morgan fingerprint density at radius 3 is 2.50 bits per heavy atom. The van der Waals surface area contributed by atoms with Crippen LogP contribution in [0.2, 0.25) is 0 Å². The summed E-state index contributed by atoms with van der Waals surface area (Å²) in [6.45, 7) is 7.93. The van der Waals surface area contributed by atoms with Gasteiger partial charge >= 0.3 is 5.97 Å². The number of carbonyl (C=O) groups is 2. The smallest absolute Gasteiger partial charge is 0.337 e. The lowest BCUT2D eigenvalue weighted by Gasteiger charge is -2.62. The lowest BCUT2D eigenvalue weighted by atomic mass is 9.44. The van der Waals surface area contributed by atoms with E-state index in [1.165, 1.54) is 58.5 Å². The fraction of sp³-hybridized carbons (Fsp3) is 0.758. The first-order valence-electron chi connectivity index (χ1n) is 15.3. The van der Waals surface area contributed by atoms with Crippen molar-refractivity contribution in [3.05, 3.63) is 35.4 Å². The van der Waals surface area contributed by atoms with E-state index in [0.717, 1.165) is 24.3 Å². The third-order valence-electron chi connectivity index (χ3n) is 12.1. The molecule has 0 heterocycles. The minimum absolute atomic E-state index is 0.0938. The van der Waals surface area contributed by atoms with Gasteiger partial charge in [-0.3, -0.25) is 4.79 Å². The van der Waals surface area contributed by atoms with Crippen LogP contribution < -0.4 is 5.32 Å². The van der Waals surface area contributed by atoms with Crippen molar-refractivity contribution in [2.45, 2.75) is 104 Å². The van der Waals surface area contributed by atoms with Gasteiger partial charge in [-0.25, -0.2) is 4.79 Å². The molecule has 1 amide bonds. The third-order valence-corrected chi connectivity index (χ3v) is 12.1. The van der Waals surface area contributed by atoms with Crippen LogP contribution in [0.1, 0.15) is 107 Å². The summed E-state index contributed by atoms with van der Waals surface area (Å²) in [6, 6.07) is 7.19. The molecule has 4 saturated carbocycles. The Morgan fingerprint density at radius 1 is 1.03 bits per heavy atom. The normalized spacial score (nSPS) is 38.9. The second-order valence-electron chi connectivity index (χ2n) is 13.8. The average Bonchev–Trinajstić information content (AvgIpc) is 3.28. The van der Waals surface area contributed by atoms with Crippen LogP contribution in [0.25, 0.3) is 0 Å². The lowest BCUT2D eigenvalue weighted by Crippen LogP contribution is -2.57. The van der Waals surface area contributed by atoms with Crippen molar-refractivity contribution in [2.75, 3.05) is 7.11 Å². The molecule has 9 atom stereocenters. The molecule has 4 aliphatic carbocycles. The Bertz CT molecular complexity index is 1010. The molecule has 1 aromatic rings. The average molecular weight is 524 g/mol. The summed E-state index contributed by atoms with van der Waals surface area (Å²) < 4.78 is 4.75. The summed E-state index contributed by atoms with van der Waals surface area (Å²) in [4.78, 5) is 24.3. The molecule has 210 valence electrons. The van der Waals surface area contributed by atoms with Crippen LogP contribution in [-0.2, 0) is 16.1 Å². The second-order valence-corrected chi connectivity index (χ2v) is 13.8. The van der Waals surface area contributed by atoms with Gasteiger partial charge in [0.25, 0.3) is 0 Å². The predicted octanol–water partition coefficient (Wildman–Crippen LogP) is 6.53. The van der Waals surface area contributed by atoms with Crippen LogP contribution in [0.15, 0.2) is 24.3 Å². The van der Waals surface area contributed by atoms with E-state index in [0.29, 0.717) is 53.5 Å². The first-order chi connectivity index (χ1) is 18.2. The van der Waals surface area contributed by atoms with Crippen LogP contribution in [0, 0.1) is 46.3 Å². The van der Waals surface area contributed by atoms with Gasteiger partial charge in [0.2, 0.25) is 5.91 Å². The molecule has 4 fully saturated rings. The van der Waals surface area contributed by atoms with E-state index in [-0.39, 0.29) is 23.4 Å². The maximum atomic E-state index is 12.7. The van der Waals surface area contributed by atoms with E-state index in [9.17, 15) is 14.7 Å². The number of aliphatic hydroxyl groups excluding tert-OH is 1. The molecule has 4 aliphatic rings. The van der Waals surface area contributed by atoms with Crippen molar-refractivity contribution in [3.8, 4) is 0 Å². The van der Waals surface area contributed by atoms with E-state index in [1.54, 1.807) is 12.1 Å². The largest absolute Gasteiger partial charge is 0.465 e. The minimum atomic E-state index is -0.351. The number of esters is 1. The van der Waals surface area contributed by atoms with Gasteiger partial charge in [0.1, 0.15) is 0 Å². The van der Waals surface area contributed by atoms with Gasteiger partial charge in [-0.2, -0.15) is 0 Å². The Morgan fingerprint density at radius 2 is 1.76 bits per heavy atom. The van der Waals surface area contributed by atoms with Crippen LogP contribution in [0.3, 0.4) is 0 Å². The fourth-order valence-electron chi connectivity index (χ4n) is 9.96. The van der Waals surface area contributed by atoms with Crippen molar-refractivity contribution < 1.29 is 19.4 Å². The topological polar surface area (TPSA) is 75.6 Å². The van der Waals surface area contributed by atoms with Gasteiger partial charge in [-0.1, -0.05) is 45.7 Å². The van der Waals surface area contributed by atoms with Gasteiger partial charge in [-0.05, 0) is 115 Å². The van der Waals surface area contributed by atoms with Crippen molar-refractivity contribution in [2.24, 2.45) is 46.3 Å². The summed E-state index contributed by atoms with van der Waals surface area (Å²) in [5.74, 6) is 3.40. The third kappa shape index (κ3) is 4.93. The Kier molecular flexibility index (Phi) is 7.97. The van der Waals surface area contributed by atoms with E-state index >= 15 is 0 Å². The van der Waals surface area contributed by atoms with Crippen LogP contribution in [0.4, 0.5) is 0 Å². The molecule has 1 aromatic carbocycles. The highest BCUT2D eigenvalue weighted by Crippen LogP contribution is 2.68. The quantitative estimate of drug-likeness (QED) is 0.399. The molecule has 5 nitrogen and oxygen atoms in total. The van der Waals surface area contributed by atoms with Crippen molar-refractivity contribution in [1.82, 2.24) is 5.32 Å². The predicted molar refractivity (Wildman–Crippen MR) is 149 cm³/mol. The zero-order valence-electron chi connectivity index (χ0n) is 24.0. The number of benzene rings is 1. The molecule has 0 radical (unpaired) electrons. The van der Waals surface area contributed by atoms with E-state index in [2.05, 4.69) is 26.1 Å². The van der Waals surface area contributed by atoms with Gasteiger partial charge in [0.15, 0.2) is 0 Å². The summed E-state index contributed by atoms with van der Waals surface area (Å²) in [6.07, 6.45) is 12.8. The van der Waals surface area contributed by atoms with Gasteiger partial charge in [0, 0.05) is 13.0 Å². The van der Waals surface area contributed by atoms with Crippen LogP contribution in [-0.4, -0.2) is 30.2 Å². The van der Waals surface area contributed by atoms with Crippen molar-refractivity contribution in [3.63, 3.8) is 0 Å². The highest BCUT2D eigenvalue weighted by Gasteiger charge is 2.62. The zero-order valence-corrected chi connectivity index (χ0v) is 24.0. The molecule has 38 heavy (non-hydrogen) atoms. The summed E-state index contributed by atoms with van der Waals surface area (Å²) in [5.41, 5.74) is 2.21. The summed E-state index contributed by atoms with van der Waals surface area (Å²) in [7, 11) is 1.37. The summed E-state index contributed by atoms with van der Waals surface area (Å²) in [5, 5.41) is 14.5. The minimum Gasteiger partial charge on any atom is -0.465 e. The molecule has 2 unspecified atom stereocenters. The zero-order chi connectivity index (χ0) is 27.1. The second kappa shape index (κ2) is 10.9. The Balaban J connectivity index is 1.16. The molecule has 5 heteroatoms. The molecule has 0 saturated heterocycles. The van der Waals surface area contributed by atoms with Crippen molar-refractivity contribution >= 4 is 11.9 Å². The number of hydrogen-bond donors (Lipinski definition) is 2. The summed E-state index contributed by atoms with van der Waals surface area (Å²) >= 11 is 0. The molecule has 2 N–H and O–H groups in total. The standard InChI is InChI=1S/C33H49NO4/c1-21(8-15-29(36)34-20-22-9-11-23(12-10-22)31(37)38-4)25-13-14-26-30-27(16-18-33(25,26)3)32(2)17-6-5-7-24(32)19-28(30)35/h9-12,21,24-28,30,35H,5-8,13-20H2,1-4H3,(H,34,36)/t21-,24+,25-,26?,27?,28+,30+,32+,33-/m1/s1. The van der Waals surface area contributed by atoms with E-state index in [4.69, 9.17) is 4.74 Å². The highest BCUT2D eigenvalue weighted by molar-refractivity contribution is 5.89. The molecule has 0 spiro atoms. The monoisotopic (exact) mass is 523 g/mol. The molecule has 0 bridgehead atoms.